The van der Waals surface area contributed by atoms with E-state index in [2.05, 4.69) is 23.0 Å². The molecule has 2 heterocycles. The van der Waals surface area contributed by atoms with Gasteiger partial charge in [-0.25, -0.2) is 10.1 Å². The molecule has 5 rings (SSSR count). The van der Waals surface area contributed by atoms with E-state index in [0.29, 0.717) is 42.8 Å². The standard InChI is InChI=1S/C35H57N3O7/c1-23(12-13-25-16-17-37-30(18-25)38-22-36-2)26(20-39)19-34-31(41)28-10-6-7-11-29(28)32(42)35(34,45-34)33(43)44-21-27(40)15-14-24-8-4-3-5-9-24/h24-25,27-30,36-40H,3-22H2,1-2H3/p+2. The molecular formula is C35H59N3O7+2. The number of quaternary nitrogens is 2. The summed E-state index contributed by atoms with van der Waals surface area (Å²) in [7, 11) is 2.05. The number of hydrogen-bond donors (Lipinski definition) is 5. The molecule has 45 heavy (non-hydrogen) atoms. The van der Waals surface area contributed by atoms with Crippen molar-refractivity contribution in [1.29, 1.82) is 0 Å². The molecule has 0 aromatic carbocycles. The van der Waals surface area contributed by atoms with Gasteiger partial charge in [-0.05, 0) is 69.3 Å². The van der Waals surface area contributed by atoms with Gasteiger partial charge in [-0.15, -0.1) is 0 Å². The third-order valence-electron chi connectivity index (χ3n) is 11.7. The maximum absolute atomic E-state index is 14.1. The van der Waals surface area contributed by atoms with Crippen molar-refractivity contribution in [2.45, 2.75) is 133 Å². The number of allylic oxidation sites excluding steroid dienone is 1. The van der Waals surface area contributed by atoms with Crippen LogP contribution in [0.2, 0.25) is 0 Å². The first-order chi connectivity index (χ1) is 21.8. The van der Waals surface area contributed by atoms with Crippen LogP contribution in [0.4, 0.5) is 0 Å². The number of aliphatic hydroxyl groups excluding tert-OH is 2. The average molecular weight is 634 g/mol. The summed E-state index contributed by atoms with van der Waals surface area (Å²) < 4.78 is 11.7. The summed E-state index contributed by atoms with van der Waals surface area (Å²) in [5.74, 6) is -1.21. The average Bonchev–Trinajstić information content (AvgIpc) is 3.77. The van der Waals surface area contributed by atoms with E-state index in [1.807, 2.05) is 6.92 Å². The van der Waals surface area contributed by atoms with Crippen molar-refractivity contribution in [3.8, 4) is 0 Å². The maximum atomic E-state index is 14.1. The molecule has 7 N–H and O–H groups in total. The molecule has 0 radical (unpaired) electrons. The normalized spacial score (nSPS) is 34.8. The van der Waals surface area contributed by atoms with Crippen LogP contribution < -0.4 is 16.0 Å². The Labute approximate surface area is 268 Å². The van der Waals surface area contributed by atoms with Crippen LogP contribution in [-0.4, -0.2) is 84.7 Å². The van der Waals surface area contributed by atoms with E-state index in [-0.39, 0.29) is 31.2 Å². The van der Waals surface area contributed by atoms with Gasteiger partial charge in [0, 0.05) is 24.7 Å². The Bertz CT molecular complexity index is 1090. The molecule has 10 heteroatoms. The van der Waals surface area contributed by atoms with Gasteiger partial charge in [0.05, 0.1) is 26.3 Å². The lowest BCUT2D eigenvalue weighted by Gasteiger charge is -2.37. The van der Waals surface area contributed by atoms with Crippen LogP contribution in [0.1, 0.15) is 110 Å². The molecule has 2 aliphatic heterocycles. The fourth-order valence-electron chi connectivity index (χ4n) is 8.89. The van der Waals surface area contributed by atoms with Crippen LogP contribution in [0.15, 0.2) is 11.1 Å². The second-order valence-electron chi connectivity index (χ2n) is 14.8. The zero-order valence-electron chi connectivity index (χ0n) is 27.7. The minimum absolute atomic E-state index is 0.0252. The van der Waals surface area contributed by atoms with Gasteiger partial charge in [-0.1, -0.05) is 50.5 Å². The van der Waals surface area contributed by atoms with Crippen LogP contribution in [0.3, 0.4) is 0 Å². The Morgan fingerprint density at radius 1 is 1.04 bits per heavy atom. The van der Waals surface area contributed by atoms with Gasteiger partial charge < -0.3 is 30.3 Å². The van der Waals surface area contributed by atoms with Gasteiger partial charge in [-0.2, -0.15) is 0 Å². The quantitative estimate of drug-likeness (QED) is 0.0593. The number of rotatable bonds is 15. The van der Waals surface area contributed by atoms with E-state index in [0.717, 1.165) is 63.7 Å². The summed E-state index contributed by atoms with van der Waals surface area (Å²) >= 11 is 0. The zero-order chi connectivity index (χ0) is 32.0. The summed E-state index contributed by atoms with van der Waals surface area (Å²) in [6.45, 7) is 3.49. The summed E-state index contributed by atoms with van der Waals surface area (Å²) in [4.78, 5) is 41.9. The summed E-state index contributed by atoms with van der Waals surface area (Å²) in [5, 5.41) is 29.2. The number of nitrogens with two attached hydrogens (primary N) is 2. The largest absolute Gasteiger partial charge is 0.460 e. The number of Topliss-reactive ketones (excluding diaryl/α,β-unsaturated/α-hetero) is 2. The third kappa shape index (κ3) is 7.41. The number of piperidine rings is 1. The van der Waals surface area contributed by atoms with Crippen LogP contribution in [-0.2, 0) is 23.9 Å². The molecule has 0 amide bonds. The van der Waals surface area contributed by atoms with E-state index in [1.54, 1.807) is 0 Å². The fourth-order valence-corrected chi connectivity index (χ4v) is 8.89. The highest BCUT2D eigenvalue weighted by atomic mass is 16.7. The molecule has 3 aliphatic carbocycles. The van der Waals surface area contributed by atoms with Gasteiger partial charge in [0.15, 0.2) is 17.2 Å². The number of carbonyl (C=O) groups is 3. The van der Waals surface area contributed by atoms with Crippen molar-refractivity contribution in [3.05, 3.63) is 11.1 Å². The lowest BCUT2D eigenvalue weighted by molar-refractivity contribution is -0.716. The van der Waals surface area contributed by atoms with Gasteiger partial charge >= 0.3 is 5.97 Å². The molecule has 7 unspecified atom stereocenters. The highest BCUT2D eigenvalue weighted by Crippen LogP contribution is 2.62. The Kier molecular flexibility index (Phi) is 11.9. The molecular weight excluding hydrogens is 574 g/mol. The SMILES string of the molecule is C[NH2+]CNC1CC(CCC(C)=C(CO)CC23OC2(C(=O)OCC(O)CCC2CCCCC2)C(=O)C2CCCCC2C3=O)CC[NH2+]1. The first kappa shape index (κ1) is 34.6. The number of fused-ring (bicyclic) bond motifs is 2. The molecule has 0 bridgehead atoms. The molecule has 10 nitrogen and oxygen atoms in total. The summed E-state index contributed by atoms with van der Waals surface area (Å²) in [6.07, 6.45) is 14.0. The first-order valence-corrected chi connectivity index (χ1v) is 18.0. The smallest absolute Gasteiger partial charge is 0.350 e. The van der Waals surface area contributed by atoms with E-state index in [9.17, 15) is 24.6 Å². The van der Waals surface area contributed by atoms with Crippen LogP contribution in [0.25, 0.3) is 0 Å². The molecule has 0 aromatic rings. The molecule has 0 aromatic heterocycles. The maximum Gasteiger partial charge on any atom is 0.350 e. The van der Waals surface area contributed by atoms with E-state index in [1.165, 1.54) is 32.1 Å². The topological polar surface area (TPSA) is 159 Å². The second-order valence-corrected chi connectivity index (χ2v) is 14.8. The van der Waals surface area contributed by atoms with Crippen molar-refractivity contribution < 1.29 is 44.7 Å². The molecule has 7 atom stereocenters. The van der Waals surface area contributed by atoms with E-state index in [4.69, 9.17) is 9.47 Å². The summed E-state index contributed by atoms with van der Waals surface area (Å²) in [5.41, 5.74) is -1.93. The Morgan fingerprint density at radius 2 is 1.76 bits per heavy atom. The molecule has 5 fully saturated rings. The van der Waals surface area contributed by atoms with Crippen molar-refractivity contribution in [2.75, 3.05) is 33.5 Å². The highest BCUT2D eigenvalue weighted by Gasteiger charge is 2.87. The molecule has 5 aliphatic rings. The number of carbonyl (C=O) groups excluding carboxylic acids is 3. The Balaban J connectivity index is 1.26. The predicted octanol–water partition coefficient (Wildman–Crippen LogP) is 1.24. The predicted molar refractivity (Wildman–Crippen MR) is 168 cm³/mol. The van der Waals surface area contributed by atoms with E-state index >= 15 is 0 Å². The minimum Gasteiger partial charge on any atom is -0.460 e. The van der Waals surface area contributed by atoms with Crippen LogP contribution in [0.5, 0.6) is 0 Å². The lowest BCUT2D eigenvalue weighted by Crippen LogP contribution is -2.97. The lowest BCUT2D eigenvalue weighted by atomic mass is 9.60. The van der Waals surface area contributed by atoms with Gasteiger partial charge in [0.2, 0.25) is 0 Å². The van der Waals surface area contributed by atoms with E-state index < -0.39 is 35.1 Å². The number of esters is 1. The number of ketones is 2. The highest BCUT2D eigenvalue weighted by molar-refractivity contribution is 6.23. The number of ether oxygens (including phenoxy) is 2. The van der Waals surface area contributed by atoms with Crippen molar-refractivity contribution in [1.82, 2.24) is 5.32 Å². The van der Waals surface area contributed by atoms with Gasteiger partial charge in [0.1, 0.15) is 19.4 Å². The Morgan fingerprint density at radius 3 is 2.47 bits per heavy atom. The third-order valence-corrected chi connectivity index (χ3v) is 11.7. The first-order valence-electron chi connectivity index (χ1n) is 18.0. The van der Waals surface area contributed by atoms with Crippen molar-refractivity contribution in [2.24, 2.45) is 23.7 Å². The van der Waals surface area contributed by atoms with Gasteiger partial charge in [-0.3, -0.25) is 9.59 Å². The molecule has 0 spiro atoms. The van der Waals surface area contributed by atoms with Crippen LogP contribution in [0, 0.1) is 23.7 Å². The summed E-state index contributed by atoms with van der Waals surface area (Å²) in [6, 6.07) is 0. The number of aliphatic hydroxyl groups is 2. The Hall–Kier alpha value is -1.69. The number of hydrogen-bond acceptors (Lipinski definition) is 8. The molecule has 2 saturated heterocycles. The second kappa shape index (κ2) is 15.5. The minimum atomic E-state index is -1.97. The zero-order valence-corrected chi connectivity index (χ0v) is 27.7. The monoisotopic (exact) mass is 633 g/mol. The van der Waals surface area contributed by atoms with Crippen LogP contribution >= 0.6 is 0 Å². The fraction of sp³-hybridized carbons (Fsp3) is 0.857. The van der Waals surface area contributed by atoms with Crippen molar-refractivity contribution in [3.63, 3.8) is 0 Å². The number of epoxide rings is 1. The molecule has 254 valence electrons. The van der Waals surface area contributed by atoms with Gasteiger partial charge in [0.25, 0.3) is 5.60 Å². The van der Waals surface area contributed by atoms with Crippen molar-refractivity contribution >= 4 is 17.5 Å². The molecule has 3 saturated carbocycles. The number of nitrogens with one attached hydrogen (secondary N) is 1.